The van der Waals surface area contributed by atoms with Crippen molar-refractivity contribution in [1.29, 1.82) is 0 Å². The van der Waals surface area contributed by atoms with Crippen LogP contribution in [-0.4, -0.2) is 26.0 Å². The van der Waals surface area contributed by atoms with E-state index in [0.717, 1.165) is 4.90 Å². The Bertz CT molecular complexity index is 1000. The van der Waals surface area contributed by atoms with Crippen molar-refractivity contribution in [3.8, 4) is 11.3 Å². The Hall–Kier alpha value is -3.42. The summed E-state index contributed by atoms with van der Waals surface area (Å²) >= 11 is 0. The van der Waals surface area contributed by atoms with Crippen LogP contribution in [0, 0.1) is 12.7 Å². The highest BCUT2D eigenvalue weighted by atomic mass is 19.1. The normalized spacial score (nSPS) is 12.0. The van der Waals surface area contributed by atoms with Gasteiger partial charge in [-0.25, -0.2) is 9.18 Å². The number of anilines is 2. The summed E-state index contributed by atoms with van der Waals surface area (Å²) in [5.41, 5.74) is 8.66. The van der Waals surface area contributed by atoms with E-state index in [4.69, 9.17) is 5.73 Å². The molecule has 2 aromatic heterocycles. The first-order valence-electron chi connectivity index (χ1n) is 8.32. The molecule has 1 atom stereocenters. The number of nitrogens with zero attached hydrogens (tertiary/aromatic N) is 4. The third-order valence-electron chi connectivity index (χ3n) is 4.46. The first-order chi connectivity index (χ1) is 12.8. The van der Waals surface area contributed by atoms with Crippen molar-refractivity contribution in [1.82, 2.24) is 14.8 Å². The van der Waals surface area contributed by atoms with Gasteiger partial charge in [-0.1, -0.05) is 12.1 Å². The Labute approximate surface area is 155 Å². The maximum Gasteiger partial charge on any atom is 0.413 e. The number of pyridine rings is 1. The number of aryl methyl sites for hydroxylation is 2. The SMILES string of the molecule is Cc1nc(-c2cnn(C)c2N(C(=O)O)[C@H](C)c2cccc(F)c2)ccc1N. The van der Waals surface area contributed by atoms with Crippen molar-refractivity contribution in [2.75, 3.05) is 10.6 Å². The number of hydrogen-bond acceptors (Lipinski definition) is 4. The lowest BCUT2D eigenvalue weighted by Gasteiger charge is -2.27. The van der Waals surface area contributed by atoms with Crippen molar-refractivity contribution in [2.45, 2.75) is 19.9 Å². The number of carboxylic acid groups (broad SMARTS) is 1. The predicted molar refractivity (Wildman–Crippen MR) is 101 cm³/mol. The van der Waals surface area contributed by atoms with E-state index in [-0.39, 0.29) is 0 Å². The maximum absolute atomic E-state index is 13.6. The van der Waals surface area contributed by atoms with Gasteiger partial charge in [0.2, 0.25) is 0 Å². The van der Waals surface area contributed by atoms with Gasteiger partial charge in [-0.05, 0) is 43.7 Å². The van der Waals surface area contributed by atoms with Gasteiger partial charge in [-0.2, -0.15) is 5.10 Å². The van der Waals surface area contributed by atoms with Gasteiger partial charge in [0.25, 0.3) is 0 Å². The third kappa shape index (κ3) is 3.46. The second kappa shape index (κ2) is 7.06. The third-order valence-corrected chi connectivity index (χ3v) is 4.46. The van der Waals surface area contributed by atoms with E-state index in [1.54, 1.807) is 51.4 Å². The molecule has 0 bridgehead atoms. The molecule has 27 heavy (non-hydrogen) atoms. The van der Waals surface area contributed by atoms with Gasteiger partial charge in [0, 0.05) is 7.05 Å². The Morgan fingerprint density at radius 3 is 2.70 bits per heavy atom. The van der Waals surface area contributed by atoms with E-state index in [0.29, 0.717) is 34.0 Å². The number of amides is 1. The molecule has 0 spiro atoms. The summed E-state index contributed by atoms with van der Waals surface area (Å²) in [7, 11) is 1.65. The van der Waals surface area contributed by atoms with Gasteiger partial charge in [0.05, 0.1) is 34.9 Å². The van der Waals surface area contributed by atoms with Crippen LogP contribution in [0.4, 0.5) is 20.7 Å². The number of nitrogen functional groups attached to an aromatic ring is 1. The molecule has 8 heteroatoms. The Morgan fingerprint density at radius 2 is 2.07 bits per heavy atom. The fourth-order valence-corrected chi connectivity index (χ4v) is 2.97. The summed E-state index contributed by atoms with van der Waals surface area (Å²) in [4.78, 5) is 17.7. The van der Waals surface area contributed by atoms with Crippen molar-refractivity contribution < 1.29 is 14.3 Å². The molecule has 1 aromatic carbocycles. The number of nitrogens with two attached hydrogens (primary N) is 1. The summed E-state index contributed by atoms with van der Waals surface area (Å²) in [6.45, 7) is 3.47. The fourth-order valence-electron chi connectivity index (χ4n) is 2.97. The van der Waals surface area contributed by atoms with Crippen molar-refractivity contribution in [2.24, 2.45) is 7.05 Å². The highest BCUT2D eigenvalue weighted by molar-refractivity contribution is 5.91. The number of benzene rings is 1. The van der Waals surface area contributed by atoms with E-state index >= 15 is 0 Å². The molecular formula is C19H20FN5O2. The molecule has 7 nitrogen and oxygen atoms in total. The number of halogens is 1. The average molecular weight is 369 g/mol. The largest absolute Gasteiger partial charge is 0.465 e. The number of hydrogen-bond donors (Lipinski definition) is 2. The Balaban J connectivity index is 2.13. The van der Waals surface area contributed by atoms with Gasteiger partial charge in [-0.15, -0.1) is 0 Å². The zero-order valence-electron chi connectivity index (χ0n) is 15.2. The summed E-state index contributed by atoms with van der Waals surface area (Å²) < 4.78 is 15.1. The van der Waals surface area contributed by atoms with Crippen LogP contribution in [0.25, 0.3) is 11.3 Å². The van der Waals surface area contributed by atoms with Crippen molar-refractivity contribution >= 4 is 17.6 Å². The van der Waals surface area contributed by atoms with Crippen LogP contribution in [0.1, 0.15) is 24.2 Å². The Kier molecular flexibility index (Phi) is 4.81. The molecule has 0 aliphatic heterocycles. The topological polar surface area (TPSA) is 97.3 Å². The van der Waals surface area contributed by atoms with E-state index in [9.17, 15) is 14.3 Å². The van der Waals surface area contributed by atoms with E-state index in [1.165, 1.54) is 16.8 Å². The van der Waals surface area contributed by atoms with Crippen molar-refractivity contribution in [3.63, 3.8) is 0 Å². The highest BCUT2D eigenvalue weighted by Gasteiger charge is 2.29. The van der Waals surface area contributed by atoms with Gasteiger partial charge < -0.3 is 10.8 Å². The number of rotatable bonds is 4. The molecular weight excluding hydrogens is 349 g/mol. The first-order valence-corrected chi connectivity index (χ1v) is 8.32. The van der Waals surface area contributed by atoms with Gasteiger partial charge in [-0.3, -0.25) is 14.6 Å². The van der Waals surface area contributed by atoms with Crippen LogP contribution in [0.15, 0.2) is 42.6 Å². The van der Waals surface area contributed by atoms with Crippen LogP contribution >= 0.6 is 0 Å². The molecule has 0 aliphatic rings. The lowest BCUT2D eigenvalue weighted by atomic mass is 10.1. The lowest BCUT2D eigenvalue weighted by molar-refractivity contribution is 0.199. The first kappa shape index (κ1) is 18.4. The second-order valence-electron chi connectivity index (χ2n) is 6.26. The average Bonchev–Trinajstić information content (AvgIpc) is 2.99. The van der Waals surface area contributed by atoms with Gasteiger partial charge >= 0.3 is 6.09 Å². The summed E-state index contributed by atoms with van der Waals surface area (Å²) in [6.07, 6.45) is 0.380. The van der Waals surface area contributed by atoms with Gasteiger partial charge in [0.15, 0.2) is 0 Å². The smallest absolute Gasteiger partial charge is 0.413 e. The Morgan fingerprint density at radius 1 is 1.33 bits per heavy atom. The van der Waals surface area contributed by atoms with Gasteiger partial charge in [0.1, 0.15) is 11.6 Å². The molecule has 3 rings (SSSR count). The van der Waals surface area contributed by atoms with E-state index < -0.39 is 18.0 Å². The quantitative estimate of drug-likeness (QED) is 0.730. The minimum absolute atomic E-state index is 0.343. The van der Waals surface area contributed by atoms with Crippen LogP contribution in [0.2, 0.25) is 0 Å². The molecule has 0 fully saturated rings. The molecule has 3 aromatic rings. The lowest BCUT2D eigenvalue weighted by Crippen LogP contribution is -2.34. The summed E-state index contributed by atoms with van der Waals surface area (Å²) in [5.74, 6) is -0.0818. The number of carbonyl (C=O) groups is 1. The molecule has 2 heterocycles. The monoisotopic (exact) mass is 369 g/mol. The zero-order valence-corrected chi connectivity index (χ0v) is 15.2. The highest BCUT2D eigenvalue weighted by Crippen LogP contribution is 2.35. The fraction of sp³-hybridized carbons (Fsp3) is 0.211. The molecule has 3 N–H and O–H groups in total. The zero-order chi connectivity index (χ0) is 19.7. The molecule has 0 aliphatic carbocycles. The van der Waals surface area contributed by atoms with E-state index in [2.05, 4.69) is 10.1 Å². The minimum Gasteiger partial charge on any atom is -0.465 e. The summed E-state index contributed by atoms with van der Waals surface area (Å²) in [5, 5.41) is 14.1. The second-order valence-corrected chi connectivity index (χ2v) is 6.26. The molecule has 140 valence electrons. The molecule has 1 amide bonds. The predicted octanol–water partition coefficient (Wildman–Crippen LogP) is 3.76. The standard InChI is InChI=1S/C19H20FN5O2/c1-11-16(21)7-8-17(23-11)15-10-22-24(3)18(15)25(19(26)27)12(2)13-5-4-6-14(20)9-13/h4-10,12H,21H2,1-3H3,(H,26,27)/t12-/m1/s1. The number of aromatic nitrogens is 3. The summed E-state index contributed by atoms with van der Waals surface area (Å²) in [6, 6.07) is 8.68. The van der Waals surface area contributed by atoms with Crippen molar-refractivity contribution in [3.05, 3.63) is 59.7 Å². The molecule has 0 saturated carbocycles. The van der Waals surface area contributed by atoms with Crippen LogP contribution in [0.3, 0.4) is 0 Å². The van der Waals surface area contributed by atoms with Crippen LogP contribution in [-0.2, 0) is 7.05 Å². The molecule has 0 radical (unpaired) electrons. The van der Waals surface area contributed by atoms with E-state index in [1.807, 2.05) is 0 Å². The molecule has 0 unspecified atom stereocenters. The van der Waals surface area contributed by atoms with Crippen LogP contribution in [0.5, 0.6) is 0 Å². The maximum atomic E-state index is 13.6. The van der Waals surface area contributed by atoms with Crippen LogP contribution < -0.4 is 10.6 Å². The minimum atomic E-state index is -1.18. The molecule has 0 saturated heterocycles.